The summed E-state index contributed by atoms with van der Waals surface area (Å²) in [6, 6.07) is 0. The summed E-state index contributed by atoms with van der Waals surface area (Å²) in [5.41, 5.74) is 0. The zero-order chi connectivity index (χ0) is 9.80. The first-order chi connectivity index (χ1) is 6.84. The minimum atomic E-state index is -0.543. The molecule has 0 radical (unpaired) electrons. The highest BCUT2D eigenvalue weighted by Gasteiger charge is 2.19. The third-order valence-electron chi connectivity index (χ3n) is 2.43. The molecule has 0 spiro atoms. The molecule has 2 aliphatic rings. The van der Waals surface area contributed by atoms with Crippen LogP contribution in [-0.2, 0) is 9.47 Å². The Kier molecular flexibility index (Phi) is 2.87. The summed E-state index contributed by atoms with van der Waals surface area (Å²) in [6.07, 6.45) is 10.9. The standard InChI is InChI=1S/C11H14O3/c12-11(13-9-5-1-2-6-9)14-10-7-3-4-8-10/h1,3,5,7,9-10H,2,4,6,8H2. The Bertz CT molecular complexity index is 242. The summed E-state index contributed by atoms with van der Waals surface area (Å²) < 4.78 is 10.2. The second-order valence-corrected chi connectivity index (χ2v) is 3.57. The third-order valence-corrected chi connectivity index (χ3v) is 2.43. The highest BCUT2D eigenvalue weighted by atomic mass is 16.7. The predicted octanol–water partition coefficient (Wildman–Crippen LogP) is 2.58. The van der Waals surface area contributed by atoms with Crippen LogP contribution in [0.3, 0.4) is 0 Å². The van der Waals surface area contributed by atoms with E-state index >= 15 is 0 Å². The molecule has 2 atom stereocenters. The Labute approximate surface area is 83.4 Å². The second-order valence-electron chi connectivity index (χ2n) is 3.57. The van der Waals surface area contributed by atoms with Crippen molar-refractivity contribution >= 4 is 6.16 Å². The summed E-state index contributed by atoms with van der Waals surface area (Å²) in [6.45, 7) is 0. The molecule has 0 aliphatic heterocycles. The van der Waals surface area contributed by atoms with Crippen LogP contribution < -0.4 is 0 Å². The van der Waals surface area contributed by atoms with Crippen LogP contribution in [0.5, 0.6) is 0 Å². The number of ether oxygens (including phenoxy) is 2. The zero-order valence-corrected chi connectivity index (χ0v) is 8.02. The first kappa shape index (κ1) is 9.31. The largest absolute Gasteiger partial charge is 0.509 e. The number of hydrogen-bond donors (Lipinski definition) is 0. The van der Waals surface area contributed by atoms with Crippen LogP contribution in [0.25, 0.3) is 0 Å². The second kappa shape index (κ2) is 4.31. The van der Waals surface area contributed by atoms with Gasteiger partial charge in [0.05, 0.1) is 0 Å². The van der Waals surface area contributed by atoms with E-state index in [2.05, 4.69) is 0 Å². The lowest BCUT2D eigenvalue weighted by Gasteiger charge is -2.13. The zero-order valence-electron chi connectivity index (χ0n) is 8.02. The Balaban J connectivity index is 1.72. The van der Waals surface area contributed by atoms with Crippen LogP contribution >= 0.6 is 0 Å². The molecular weight excluding hydrogens is 180 g/mol. The van der Waals surface area contributed by atoms with E-state index in [1.165, 1.54) is 0 Å². The Morgan fingerprint density at radius 1 is 1.00 bits per heavy atom. The van der Waals surface area contributed by atoms with Gasteiger partial charge in [-0.2, -0.15) is 0 Å². The Morgan fingerprint density at radius 3 is 1.86 bits per heavy atom. The average Bonchev–Trinajstić information content (AvgIpc) is 2.76. The summed E-state index contributed by atoms with van der Waals surface area (Å²) in [7, 11) is 0. The maximum absolute atomic E-state index is 11.2. The van der Waals surface area contributed by atoms with Crippen molar-refractivity contribution in [3.63, 3.8) is 0 Å². The van der Waals surface area contributed by atoms with Gasteiger partial charge in [-0.05, 0) is 37.8 Å². The fourth-order valence-electron chi connectivity index (χ4n) is 1.68. The van der Waals surface area contributed by atoms with E-state index in [1.807, 2.05) is 24.3 Å². The summed E-state index contributed by atoms with van der Waals surface area (Å²) in [4.78, 5) is 11.2. The lowest BCUT2D eigenvalue weighted by Crippen LogP contribution is -2.19. The molecule has 2 unspecified atom stereocenters. The van der Waals surface area contributed by atoms with Crippen LogP contribution in [0.1, 0.15) is 25.7 Å². The molecule has 0 bridgehead atoms. The van der Waals surface area contributed by atoms with Gasteiger partial charge in [0.1, 0.15) is 12.2 Å². The molecule has 14 heavy (non-hydrogen) atoms. The van der Waals surface area contributed by atoms with Crippen molar-refractivity contribution < 1.29 is 14.3 Å². The van der Waals surface area contributed by atoms with E-state index in [4.69, 9.17) is 9.47 Å². The minimum Gasteiger partial charge on any atom is -0.427 e. The number of carbonyl (C=O) groups is 1. The van der Waals surface area contributed by atoms with Gasteiger partial charge in [-0.15, -0.1) is 0 Å². The third kappa shape index (κ3) is 2.37. The topological polar surface area (TPSA) is 35.5 Å². The van der Waals surface area contributed by atoms with Crippen molar-refractivity contribution in [2.75, 3.05) is 0 Å². The number of rotatable bonds is 2. The van der Waals surface area contributed by atoms with E-state index in [-0.39, 0.29) is 12.2 Å². The normalized spacial score (nSPS) is 29.4. The first-order valence-electron chi connectivity index (χ1n) is 5.05. The van der Waals surface area contributed by atoms with Crippen LogP contribution in [-0.4, -0.2) is 18.4 Å². The molecule has 76 valence electrons. The fourth-order valence-corrected chi connectivity index (χ4v) is 1.68. The van der Waals surface area contributed by atoms with Gasteiger partial charge in [0.2, 0.25) is 0 Å². The lowest BCUT2D eigenvalue weighted by atomic mass is 10.3. The highest BCUT2D eigenvalue weighted by molar-refractivity contribution is 5.61. The van der Waals surface area contributed by atoms with Gasteiger partial charge >= 0.3 is 6.16 Å². The molecule has 0 saturated carbocycles. The van der Waals surface area contributed by atoms with Crippen molar-refractivity contribution in [3.8, 4) is 0 Å². The molecule has 0 aromatic carbocycles. The van der Waals surface area contributed by atoms with Crippen molar-refractivity contribution in [1.82, 2.24) is 0 Å². The maximum atomic E-state index is 11.2. The molecule has 0 fully saturated rings. The molecule has 3 heteroatoms. The van der Waals surface area contributed by atoms with Gasteiger partial charge in [-0.1, -0.05) is 12.2 Å². The van der Waals surface area contributed by atoms with Crippen LogP contribution in [0.2, 0.25) is 0 Å². The highest BCUT2D eigenvalue weighted by Crippen LogP contribution is 2.17. The predicted molar refractivity (Wildman–Crippen MR) is 51.9 cm³/mol. The Morgan fingerprint density at radius 2 is 1.50 bits per heavy atom. The van der Waals surface area contributed by atoms with Gasteiger partial charge in [-0.3, -0.25) is 0 Å². The fraction of sp³-hybridized carbons (Fsp3) is 0.545. The van der Waals surface area contributed by atoms with Gasteiger partial charge < -0.3 is 9.47 Å². The molecule has 0 heterocycles. The van der Waals surface area contributed by atoms with Gasteiger partial charge in [0, 0.05) is 0 Å². The summed E-state index contributed by atoms with van der Waals surface area (Å²) >= 11 is 0. The van der Waals surface area contributed by atoms with E-state index < -0.39 is 6.16 Å². The molecule has 0 aromatic heterocycles. The first-order valence-corrected chi connectivity index (χ1v) is 5.05. The van der Waals surface area contributed by atoms with Crippen molar-refractivity contribution in [2.45, 2.75) is 37.9 Å². The minimum absolute atomic E-state index is 0.0760. The number of allylic oxidation sites excluding steroid dienone is 2. The quantitative estimate of drug-likeness (QED) is 0.500. The van der Waals surface area contributed by atoms with Gasteiger partial charge in [0.25, 0.3) is 0 Å². The molecule has 0 saturated heterocycles. The molecule has 0 N–H and O–H groups in total. The molecule has 2 rings (SSSR count). The molecular formula is C11H14O3. The molecule has 0 amide bonds. The van der Waals surface area contributed by atoms with Crippen molar-refractivity contribution in [2.24, 2.45) is 0 Å². The number of hydrogen-bond acceptors (Lipinski definition) is 3. The number of carbonyl (C=O) groups excluding carboxylic acids is 1. The van der Waals surface area contributed by atoms with Crippen LogP contribution in [0, 0.1) is 0 Å². The molecule has 2 aliphatic carbocycles. The van der Waals surface area contributed by atoms with E-state index in [1.54, 1.807) is 0 Å². The maximum Gasteiger partial charge on any atom is 0.509 e. The molecule has 0 aromatic rings. The van der Waals surface area contributed by atoms with Crippen LogP contribution in [0.15, 0.2) is 24.3 Å². The van der Waals surface area contributed by atoms with Gasteiger partial charge in [0.15, 0.2) is 0 Å². The lowest BCUT2D eigenvalue weighted by molar-refractivity contribution is 0.0215. The molecule has 3 nitrogen and oxygen atoms in total. The van der Waals surface area contributed by atoms with Crippen molar-refractivity contribution in [3.05, 3.63) is 24.3 Å². The smallest absolute Gasteiger partial charge is 0.427 e. The van der Waals surface area contributed by atoms with Crippen LogP contribution in [0.4, 0.5) is 4.79 Å². The van der Waals surface area contributed by atoms with Gasteiger partial charge in [-0.25, -0.2) is 4.79 Å². The van der Waals surface area contributed by atoms with Crippen molar-refractivity contribution in [1.29, 1.82) is 0 Å². The van der Waals surface area contributed by atoms with E-state index in [0.717, 1.165) is 25.7 Å². The van der Waals surface area contributed by atoms with E-state index in [9.17, 15) is 4.79 Å². The summed E-state index contributed by atoms with van der Waals surface area (Å²) in [5, 5.41) is 0. The average molecular weight is 194 g/mol. The SMILES string of the molecule is O=C(OC1C=CCC1)OC1C=CCC1. The Hall–Kier alpha value is -1.25. The van der Waals surface area contributed by atoms with E-state index in [0.29, 0.717) is 0 Å². The summed E-state index contributed by atoms with van der Waals surface area (Å²) in [5.74, 6) is 0. The monoisotopic (exact) mass is 194 g/mol.